The molecule has 0 aliphatic carbocycles. The minimum atomic E-state index is -2.14. The van der Waals surface area contributed by atoms with Crippen LogP contribution in [0.15, 0.2) is 0 Å². The van der Waals surface area contributed by atoms with Gasteiger partial charge in [-0.2, -0.15) is 0 Å². The van der Waals surface area contributed by atoms with E-state index in [4.69, 9.17) is 0 Å². The van der Waals surface area contributed by atoms with Crippen LogP contribution >= 0.6 is 0 Å². The Morgan fingerprint density at radius 1 is 0.722 bits per heavy atom. The number of halogens is 5. The largest absolute Gasteiger partial charge is 0.380 e. The molecule has 1 aromatic rings. The van der Waals surface area contributed by atoms with Gasteiger partial charge in [0, 0.05) is 6.54 Å². The van der Waals surface area contributed by atoms with Crippen molar-refractivity contribution in [3.05, 3.63) is 29.1 Å². The van der Waals surface area contributed by atoms with Crippen LogP contribution in [0.3, 0.4) is 0 Å². The fourth-order valence-corrected chi connectivity index (χ4v) is 1.53. The number of nitrogens with one attached hydrogen (secondary N) is 1. The van der Waals surface area contributed by atoms with Crippen LogP contribution in [0, 0.1) is 29.1 Å². The molecule has 0 atom stereocenters. The van der Waals surface area contributed by atoms with E-state index in [1.807, 2.05) is 6.92 Å². The Balaban J connectivity index is 2.77. The predicted molar refractivity (Wildman–Crippen MR) is 58.9 cm³/mol. The van der Waals surface area contributed by atoms with Crippen LogP contribution in [0.1, 0.15) is 32.6 Å². The van der Waals surface area contributed by atoms with Crippen LogP contribution in [-0.2, 0) is 0 Å². The van der Waals surface area contributed by atoms with Gasteiger partial charge in [-0.05, 0) is 6.42 Å². The lowest BCUT2D eigenvalue weighted by molar-refractivity contribution is 0.381. The second-order valence-electron chi connectivity index (χ2n) is 3.93. The lowest BCUT2D eigenvalue weighted by atomic mass is 10.2. The van der Waals surface area contributed by atoms with Gasteiger partial charge in [-0.25, -0.2) is 22.0 Å². The van der Waals surface area contributed by atoms with Crippen LogP contribution in [0.2, 0.25) is 0 Å². The highest BCUT2D eigenvalue weighted by molar-refractivity contribution is 5.47. The van der Waals surface area contributed by atoms with Gasteiger partial charge in [-0.15, -0.1) is 0 Å². The Kier molecular flexibility index (Phi) is 5.37. The molecule has 0 radical (unpaired) electrons. The summed E-state index contributed by atoms with van der Waals surface area (Å²) in [5.74, 6) is -9.62. The van der Waals surface area contributed by atoms with E-state index in [2.05, 4.69) is 5.32 Å². The number of anilines is 1. The second-order valence-corrected chi connectivity index (χ2v) is 3.93. The molecule has 1 rings (SSSR count). The first kappa shape index (κ1) is 14.7. The molecule has 18 heavy (non-hydrogen) atoms. The van der Waals surface area contributed by atoms with Gasteiger partial charge in [0.2, 0.25) is 5.82 Å². The average Bonchev–Trinajstić information content (AvgIpc) is 2.37. The minimum absolute atomic E-state index is 0.165. The number of unbranched alkanes of at least 4 members (excludes halogenated alkanes) is 3. The summed E-state index contributed by atoms with van der Waals surface area (Å²) >= 11 is 0. The first-order valence-electron chi connectivity index (χ1n) is 5.76. The van der Waals surface area contributed by atoms with Gasteiger partial charge in [0.15, 0.2) is 23.3 Å². The van der Waals surface area contributed by atoms with E-state index in [0.29, 0.717) is 6.42 Å². The second kappa shape index (κ2) is 6.56. The van der Waals surface area contributed by atoms with E-state index >= 15 is 0 Å². The van der Waals surface area contributed by atoms with Crippen molar-refractivity contribution in [3.63, 3.8) is 0 Å². The maximum absolute atomic E-state index is 13.2. The molecule has 0 saturated heterocycles. The zero-order chi connectivity index (χ0) is 13.7. The van der Waals surface area contributed by atoms with Gasteiger partial charge in [0.1, 0.15) is 5.69 Å². The summed E-state index contributed by atoms with van der Waals surface area (Å²) in [6, 6.07) is 0. The smallest absolute Gasteiger partial charge is 0.200 e. The summed E-state index contributed by atoms with van der Waals surface area (Å²) < 4.78 is 64.8. The molecule has 0 unspecified atom stereocenters. The van der Waals surface area contributed by atoms with Gasteiger partial charge < -0.3 is 5.32 Å². The number of hydrogen-bond donors (Lipinski definition) is 1. The van der Waals surface area contributed by atoms with Crippen LogP contribution in [0.4, 0.5) is 27.6 Å². The molecule has 1 N–H and O–H groups in total. The topological polar surface area (TPSA) is 12.0 Å². The highest BCUT2D eigenvalue weighted by atomic mass is 19.2. The van der Waals surface area contributed by atoms with E-state index in [9.17, 15) is 22.0 Å². The first-order valence-corrected chi connectivity index (χ1v) is 5.76. The molecule has 0 aliphatic heterocycles. The van der Waals surface area contributed by atoms with Gasteiger partial charge in [0.25, 0.3) is 0 Å². The molecule has 0 aliphatic rings. The summed E-state index contributed by atoms with van der Waals surface area (Å²) in [6.07, 6.45) is 3.38. The third-order valence-electron chi connectivity index (χ3n) is 2.54. The normalized spacial score (nSPS) is 10.8. The third-order valence-corrected chi connectivity index (χ3v) is 2.54. The van der Waals surface area contributed by atoms with E-state index in [1.54, 1.807) is 0 Å². The van der Waals surface area contributed by atoms with Crippen molar-refractivity contribution in [1.29, 1.82) is 0 Å². The van der Waals surface area contributed by atoms with Crippen molar-refractivity contribution >= 4 is 5.69 Å². The van der Waals surface area contributed by atoms with E-state index in [-0.39, 0.29) is 6.54 Å². The molecule has 0 amide bonds. The summed E-state index contributed by atoms with van der Waals surface area (Å²) in [5, 5.41) is 2.25. The monoisotopic (exact) mass is 267 g/mol. The lowest BCUT2D eigenvalue weighted by Crippen LogP contribution is -2.10. The highest BCUT2D eigenvalue weighted by Gasteiger charge is 2.25. The minimum Gasteiger partial charge on any atom is -0.380 e. The first-order chi connectivity index (χ1) is 8.50. The van der Waals surface area contributed by atoms with Crippen LogP contribution in [-0.4, -0.2) is 6.54 Å². The molecule has 0 bridgehead atoms. The maximum Gasteiger partial charge on any atom is 0.200 e. The molecule has 0 saturated carbocycles. The third kappa shape index (κ3) is 3.11. The van der Waals surface area contributed by atoms with E-state index < -0.39 is 34.8 Å². The van der Waals surface area contributed by atoms with Gasteiger partial charge in [-0.1, -0.05) is 26.2 Å². The zero-order valence-corrected chi connectivity index (χ0v) is 9.93. The number of hydrogen-bond acceptors (Lipinski definition) is 1. The fourth-order valence-electron chi connectivity index (χ4n) is 1.53. The molecule has 1 nitrogen and oxygen atoms in total. The lowest BCUT2D eigenvalue weighted by Gasteiger charge is -2.10. The Morgan fingerprint density at radius 2 is 1.22 bits per heavy atom. The number of benzene rings is 1. The fraction of sp³-hybridized carbons (Fsp3) is 0.500. The van der Waals surface area contributed by atoms with Crippen molar-refractivity contribution in [2.75, 3.05) is 11.9 Å². The molecule has 102 valence electrons. The van der Waals surface area contributed by atoms with Crippen molar-refractivity contribution < 1.29 is 22.0 Å². The average molecular weight is 267 g/mol. The van der Waals surface area contributed by atoms with E-state index in [1.165, 1.54) is 0 Å². The Hall–Kier alpha value is -1.33. The molecule has 0 heterocycles. The molecule has 0 spiro atoms. The maximum atomic E-state index is 13.2. The standard InChI is InChI=1S/C12H14F5N/c1-2-3-4-5-6-18-12-10(16)8(14)7(13)9(15)11(12)17/h18H,2-6H2,1H3. The van der Waals surface area contributed by atoms with Gasteiger partial charge in [-0.3, -0.25) is 0 Å². The Labute approximate surface area is 102 Å². The molecular weight excluding hydrogens is 253 g/mol. The number of rotatable bonds is 6. The summed E-state index contributed by atoms with van der Waals surface area (Å²) in [4.78, 5) is 0. The molecule has 0 aromatic heterocycles. The van der Waals surface area contributed by atoms with Crippen LogP contribution < -0.4 is 5.32 Å². The molecule has 0 fully saturated rings. The summed E-state index contributed by atoms with van der Waals surface area (Å²) in [7, 11) is 0. The van der Waals surface area contributed by atoms with Crippen molar-refractivity contribution in [2.45, 2.75) is 32.6 Å². The quantitative estimate of drug-likeness (QED) is 0.349. The van der Waals surface area contributed by atoms with Crippen molar-refractivity contribution in [1.82, 2.24) is 0 Å². The summed E-state index contributed by atoms with van der Waals surface area (Å²) in [5.41, 5.74) is -0.956. The Morgan fingerprint density at radius 3 is 1.72 bits per heavy atom. The summed E-state index contributed by atoms with van der Waals surface area (Å²) in [6.45, 7) is 2.16. The molecule has 6 heteroatoms. The van der Waals surface area contributed by atoms with Gasteiger partial charge in [0.05, 0.1) is 0 Å². The molecular formula is C12H14F5N. The van der Waals surface area contributed by atoms with E-state index in [0.717, 1.165) is 19.3 Å². The Bertz CT molecular complexity index is 390. The molecule has 1 aromatic carbocycles. The van der Waals surface area contributed by atoms with Crippen LogP contribution in [0.5, 0.6) is 0 Å². The predicted octanol–water partition coefficient (Wildman–Crippen LogP) is 4.37. The van der Waals surface area contributed by atoms with Crippen molar-refractivity contribution in [3.8, 4) is 0 Å². The van der Waals surface area contributed by atoms with Gasteiger partial charge >= 0.3 is 0 Å². The highest BCUT2D eigenvalue weighted by Crippen LogP contribution is 2.27. The van der Waals surface area contributed by atoms with Crippen molar-refractivity contribution in [2.24, 2.45) is 0 Å². The van der Waals surface area contributed by atoms with Crippen LogP contribution in [0.25, 0.3) is 0 Å². The zero-order valence-electron chi connectivity index (χ0n) is 9.93. The SMILES string of the molecule is CCCCCCNc1c(F)c(F)c(F)c(F)c1F.